The summed E-state index contributed by atoms with van der Waals surface area (Å²) in [5, 5.41) is 0. The zero-order valence-electron chi connectivity index (χ0n) is 20.6. The summed E-state index contributed by atoms with van der Waals surface area (Å²) in [7, 11) is 0. The molecule has 3 aromatic rings. The van der Waals surface area contributed by atoms with Gasteiger partial charge in [-0.25, -0.2) is 9.18 Å². The molecule has 0 bridgehead atoms. The molecule has 1 fully saturated rings. The lowest BCUT2D eigenvalue weighted by Crippen LogP contribution is -2.13. The van der Waals surface area contributed by atoms with Gasteiger partial charge < -0.3 is 9.47 Å². The lowest BCUT2D eigenvalue weighted by molar-refractivity contribution is 0.0734. The Labute approximate surface area is 211 Å². The summed E-state index contributed by atoms with van der Waals surface area (Å²) < 4.78 is 39.3. The van der Waals surface area contributed by atoms with Crippen LogP contribution in [0.25, 0.3) is 11.1 Å². The van der Waals surface area contributed by atoms with Crippen molar-refractivity contribution >= 4 is 5.97 Å². The molecule has 1 saturated carbocycles. The number of benzene rings is 3. The molecule has 3 nitrogen and oxygen atoms in total. The topological polar surface area (TPSA) is 35.5 Å². The quantitative estimate of drug-likeness (QED) is 0.171. The third-order valence-corrected chi connectivity index (χ3v) is 6.97. The number of carbonyl (C=O) groups is 1. The molecule has 0 saturated heterocycles. The lowest BCUT2D eigenvalue weighted by atomic mass is 9.77. The van der Waals surface area contributed by atoms with Crippen LogP contribution >= 0.6 is 0 Å². The molecule has 1 aliphatic rings. The number of halogens is 2. The second-order valence-electron chi connectivity index (χ2n) is 9.29. The molecular weight excluding hydrogens is 458 g/mol. The van der Waals surface area contributed by atoms with Crippen LogP contribution in [-0.2, 0) is 0 Å². The van der Waals surface area contributed by atoms with Crippen molar-refractivity contribution in [2.24, 2.45) is 5.92 Å². The number of ether oxygens (including phenoxy) is 2. The van der Waals surface area contributed by atoms with Crippen LogP contribution in [0.1, 0.15) is 67.3 Å². The van der Waals surface area contributed by atoms with E-state index in [4.69, 9.17) is 9.47 Å². The smallest absolute Gasteiger partial charge is 0.343 e. The van der Waals surface area contributed by atoms with Crippen LogP contribution in [0.5, 0.6) is 11.5 Å². The van der Waals surface area contributed by atoms with Gasteiger partial charge in [-0.1, -0.05) is 30.3 Å². The normalized spacial score (nSPS) is 17.4. The SMILES string of the molecule is C=CCCC1CCC(c2ccc(C(=O)Oc3ccc(-c4ccc(OCC)c(F)c4F)cc3)cc2)CC1. The monoisotopic (exact) mass is 490 g/mol. The van der Waals surface area contributed by atoms with Gasteiger partial charge in [-0.05, 0) is 105 Å². The average molecular weight is 491 g/mol. The summed E-state index contributed by atoms with van der Waals surface area (Å²) >= 11 is 0. The van der Waals surface area contributed by atoms with Crippen molar-refractivity contribution in [1.82, 2.24) is 0 Å². The summed E-state index contributed by atoms with van der Waals surface area (Å²) in [5.41, 5.74) is 2.32. The van der Waals surface area contributed by atoms with Crippen molar-refractivity contribution in [2.45, 2.75) is 51.4 Å². The van der Waals surface area contributed by atoms with Crippen molar-refractivity contribution < 1.29 is 23.0 Å². The highest BCUT2D eigenvalue weighted by atomic mass is 19.2. The minimum atomic E-state index is -1.02. The van der Waals surface area contributed by atoms with E-state index in [-0.39, 0.29) is 17.9 Å². The molecule has 0 aromatic heterocycles. The zero-order valence-corrected chi connectivity index (χ0v) is 20.6. The van der Waals surface area contributed by atoms with E-state index < -0.39 is 17.6 Å². The van der Waals surface area contributed by atoms with E-state index in [1.165, 1.54) is 49.8 Å². The first kappa shape index (κ1) is 25.6. The number of carbonyl (C=O) groups excluding carboxylic acids is 1. The van der Waals surface area contributed by atoms with Crippen LogP contribution in [0.3, 0.4) is 0 Å². The highest BCUT2D eigenvalue weighted by Gasteiger charge is 2.22. The van der Waals surface area contributed by atoms with Gasteiger partial charge in [-0.15, -0.1) is 6.58 Å². The summed E-state index contributed by atoms with van der Waals surface area (Å²) in [6.07, 6.45) is 9.16. The van der Waals surface area contributed by atoms with Crippen LogP contribution in [0.2, 0.25) is 0 Å². The first-order chi connectivity index (χ1) is 17.5. The van der Waals surface area contributed by atoms with Gasteiger partial charge in [0.15, 0.2) is 11.6 Å². The third-order valence-electron chi connectivity index (χ3n) is 6.97. The second-order valence-corrected chi connectivity index (χ2v) is 9.29. The molecule has 0 N–H and O–H groups in total. The molecule has 5 heteroatoms. The van der Waals surface area contributed by atoms with Crippen LogP contribution in [-0.4, -0.2) is 12.6 Å². The fourth-order valence-electron chi connectivity index (χ4n) is 4.92. The van der Waals surface area contributed by atoms with Crippen LogP contribution in [0, 0.1) is 17.6 Å². The van der Waals surface area contributed by atoms with Crippen molar-refractivity contribution in [1.29, 1.82) is 0 Å². The van der Waals surface area contributed by atoms with Crippen molar-refractivity contribution in [3.63, 3.8) is 0 Å². The molecule has 0 amide bonds. The molecular formula is C31H32F2O3. The van der Waals surface area contributed by atoms with Gasteiger partial charge in [0.05, 0.1) is 12.2 Å². The van der Waals surface area contributed by atoms with Crippen molar-refractivity contribution in [3.8, 4) is 22.6 Å². The molecule has 36 heavy (non-hydrogen) atoms. The summed E-state index contributed by atoms with van der Waals surface area (Å²) in [6, 6.07) is 16.9. The molecule has 0 atom stereocenters. The first-order valence-corrected chi connectivity index (χ1v) is 12.6. The Balaban J connectivity index is 1.36. The number of hydrogen-bond donors (Lipinski definition) is 0. The summed E-state index contributed by atoms with van der Waals surface area (Å²) in [4.78, 5) is 12.6. The third kappa shape index (κ3) is 6.01. The highest BCUT2D eigenvalue weighted by Crippen LogP contribution is 2.37. The van der Waals surface area contributed by atoms with Gasteiger partial charge in [0.25, 0.3) is 0 Å². The lowest BCUT2D eigenvalue weighted by Gasteiger charge is -2.28. The van der Waals surface area contributed by atoms with Crippen LogP contribution < -0.4 is 9.47 Å². The molecule has 0 heterocycles. The van der Waals surface area contributed by atoms with Crippen LogP contribution in [0.15, 0.2) is 73.3 Å². The van der Waals surface area contributed by atoms with Gasteiger partial charge in [0.2, 0.25) is 5.82 Å². The zero-order chi connectivity index (χ0) is 25.5. The van der Waals surface area contributed by atoms with Gasteiger partial charge in [0, 0.05) is 5.56 Å². The van der Waals surface area contributed by atoms with E-state index in [0.29, 0.717) is 22.8 Å². The molecule has 188 valence electrons. The maximum atomic E-state index is 14.5. The number of esters is 1. The van der Waals surface area contributed by atoms with Gasteiger partial charge in [-0.3, -0.25) is 0 Å². The second kappa shape index (κ2) is 12.0. The van der Waals surface area contributed by atoms with E-state index in [1.807, 2.05) is 30.3 Å². The van der Waals surface area contributed by atoms with E-state index in [9.17, 15) is 13.6 Å². The molecule has 0 spiro atoms. The number of allylic oxidation sites excluding steroid dienone is 1. The summed E-state index contributed by atoms with van der Waals surface area (Å²) in [5.74, 6) is -0.907. The molecule has 0 radical (unpaired) electrons. The Morgan fingerprint density at radius 2 is 1.64 bits per heavy atom. The predicted molar refractivity (Wildman–Crippen MR) is 138 cm³/mol. The van der Waals surface area contributed by atoms with E-state index in [0.717, 1.165) is 12.3 Å². The maximum absolute atomic E-state index is 14.5. The van der Waals surface area contributed by atoms with E-state index in [2.05, 4.69) is 6.58 Å². The fraction of sp³-hybridized carbons (Fsp3) is 0.323. The predicted octanol–water partition coefficient (Wildman–Crippen LogP) is 8.49. The Morgan fingerprint density at radius 1 is 0.944 bits per heavy atom. The average Bonchev–Trinajstić information content (AvgIpc) is 2.91. The largest absolute Gasteiger partial charge is 0.491 e. The Bertz CT molecular complexity index is 1180. The maximum Gasteiger partial charge on any atom is 0.343 e. The minimum absolute atomic E-state index is 0.110. The standard InChI is InChI=1S/C31H32F2O3/c1-3-5-6-21-7-9-22(10-8-21)23-11-13-25(14-12-23)31(34)36-26-17-15-24(16-18-26)27-19-20-28(35-4-2)30(33)29(27)32/h3,11-22H,1,4-10H2,2H3. The summed E-state index contributed by atoms with van der Waals surface area (Å²) in [6.45, 7) is 5.77. The van der Waals surface area contributed by atoms with Crippen molar-refractivity contribution in [3.05, 3.63) is 96.1 Å². The molecule has 0 unspecified atom stereocenters. The van der Waals surface area contributed by atoms with Crippen LogP contribution in [0.4, 0.5) is 8.78 Å². The molecule has 4 rings (SSSR count). The van der Waals surface area contributed by atoms with E-state index >= 15 is 0 Å². The van der Waals surface area contributed by atoms with Gasteiger partial charge in [-0.2, -0.15) is 4.39 Å². The first-order valence-electron chi connectivity index (χ1n) is 12.6. The van der Waals surface area contributed by atoms with E-state index in [1.54, 1.807) is 31.2 Å². The molecule has 1 aliphatic carbocycles. The highest BCUT2D eigenvalue weighted by molar-refractivity contribution is 5.91. The fourth-order valence-corrected chi connectivity index (χ4v) is 4.92. The Morgan fingerprint density at radius 3 is 2.28 bits per heavy atom. The number of hydrogen-bond acceptors (Lipinski definition) is 3. The number of rotatable bonds is 9. The van der Waals surface area contributed by atoms with Gasteiger partial charge >= 0.3 is 5.97 Å². The molecule has 0 aliphatic heterocycles. The minimum Gasteiger partial charge on any atom is -0.491 e. The Hall–Kier alpha value is -3.47. The molecule has 3 aromatic carbocycles. The van der Waals surface area contributed by atoms with Gasteiger partial charge in [0.1, 0.15) is 5.75 Å². The van der Waals surface area contributed by atoms with Crippen molar-refractivity contribution in [2.75, 3.05) is 6.61 Å². The Kier molecular flexibility index (Phi) is 8.52.